The minimum absolute atomic E-state index is 0.0452. The van der Waals surface area contributed by atoms with Crippen molar-refractivity contribution < 1.29 is 23.9 Å². The van der Waals surface area contributed by atoms with Crippen molar-refractivity contribution in [2.45, 2.75) is 77.9 Å². The first-order valence-corrected chi connectivity index (χ1v) is 14.3. The number of carbonyl (C=O) groups excluding carboxylic acids is 4. The molecule has 222 valence electrons. The van der Waals surface area contributed by atoms with Gasteiger partial charge in [-0.25, -0.2) is 0 Å². The van der Waals surface area contributed by atoms with Crippen LogP contribution in [0.15, 0.2) is 42.9 Å². The number of nitrogens with one attached hydrogen (secondary N) is 4. The zero-order valence-corrected chi connectivity index (χ0v) is 24.3. The Morgan fingerprint density at radius 3 is 2.49 bits per heavy atom. The van der Waals surface area contributed by atoms with E-state index >= 15 is 0 Å². The third-order valence-corrected chi connectivity index (χ3v) is 6.61. The standard InChI is InChI=1S/C30H42N6O5/c1-19(2)15-22-18-41-26-8-6-5-7-23(26)28(38)36-24(29(39)33-12-11-21-17-31-13-14-32-21)9-10-27(37)35-25(16-20(3)4)30(40)34-22/h5-8,13-14,17,19-20,22,24-25H,9-12,15-16,18H2,1-4H3,(H,33,39)(H,34,40)(H,35,37)(H,36,38)/t22-,24+,25-/m1/s1. The van der Waals surface area contributed by atoms with Crippen LogP contribution >= 0.6 is 0 Å². The fraction of sp³-hybridized carbons (Fsp3) is 0.533. The molecule has 2 heterocycles. The molecule has 0 radical (unpaired) electrons. The van der Waals surface area contributed by atoms with Crippen LogP contribution in [0.4, 0.5) is 0 Å². The minimum Gasteiger partial charge on any atom is -0.491 e. The van der Waals surface area contributed by atoms with E-state index in [9.17, 15) is 19.2 Å². The molecule has 0 saturated carbocycles. The van der Waals surface area contributed by atoms with Gasteiger partial charge in [-0.1, -0.05) is 39.8 Å². The van der Waals surface area contributed by atoms with E-state index < -0.39 is 23.9 Å². The van der Waals surface area contributed by atoms with Gasteiger partial charge in [0.05, 0.1) is 17.3 Å². The molecule has 1 aromatic carbocycles. The Balaban J connectivity index is 1.84. The number of hydrogen-bond acceptors (Lipinski definition) is 7. The van der Waals surface area contributed by atoms with Gasteiger partial charge in [0.15, 0.2) is 0 Å². The first kappa shape index (κ1) is 31.5. The van der Waals surface area contributed by atoms with Gasteiger partial charge in [0.2, 0.25) is 17.7 Å². The van der Waals surface area contributed by atoms with Gasteiger partial charge in [-0.05, 0) is 43.2 Å². The molecule has 3 rings (SSSR count). The number of ether oxygens (including phenoxy) is 1. The van der Waals surface area contributed by atoms with Crippen molar-refractivity contribution in [3.05, 3.63) is 54.1 Å². The lowest BCUT2D eigenvalue weighted by Crippen LogP contribution is -2.52. The van der Waals surface area contributed by atoms with E-state index in [1.165, 1.54) is 0 Å². The average molecular weight is 567 g/mol. The zero-order chi connectivity index (χ0) is 29.8. The lowest BCUT2D eigenvalue weighted by Gasteiger charge is -2.26. The Hall–Kier alpha value is -4.02. The number of fused-ring (bicyclic) bond motifs is 1. The van der Waals surface area contributed by atoms with Gasteiger partial charge in [0.1, 0.15) is 24.4 Å². The summed E-state index contributed by atoms with van der Waals surface area (Å²) in [5, 5.41) is 11.5. The van der Waals surface area contributed by atoms with E-state index in [-0.39, 0.29) is 61.2 Å². The molecule has 11 nitrogen and oxygen atoms in total. The van der Waals surface area contributed by atoms with Crippen molar-refractivity contribution in [2.75, 3.05) is 13.2 Å². The van der Waals surface area contributed by atoms with Crippen molar-refractivity contribution >= 4 is 23.6 Å². The quantitative estimate of drug-likeness (QED) is 0.382. The molecule has 11 heteroatoms. The van der Waals surface area contributed by atoms with E-state index in [1.807, 2.05) is 13.8 Å². The summed E-state index contributed by atoms with van der Waals surface area (Å²) in [6, 6.07) is 4.72. The molecule has 1 aromatic heterocycles. The summed E-state index contributed by atoms with van der Waals surface area (Å²) in [5.41, 5.74) is 0.978. The number of carbonyl (C=O) groups is 4. The van der Waals surface area contributed by atoms with Gasteiger partial charge in [0.25, 0.3) is 5.91 Å². The first-order valence-electron chi connectivity index (χ1n) is 14.3. The number of amides is 4. The predicted molar refractivity (Wildman–Crippen MR) is 154 cm³/mol. The van der Waals surface area contributed by atoms with Crippen molar-refractivity contribution in [3.8, 4) is 5.75 Å². The molecule has 3 atom stereocenters. The molecule has 0 spiro atoms. The molecular weight excluding hydrogens is 524 g/mol. The molecule has 4 N–H and O–H groups in total. The number of nitrogens with zero attached hydrogens (tertiary/aromatic N) is 2. The molecule has 1 aliphatic rings. The summed E-state index contributed by atoms with van der Waals surface area (Å²) in [6.07, 6.45) is 6.32. The third kappa shape index (κ3) is 10.5. The van der Waals surface area contributed by atoms with E-state index in [4.69, 9.17) is 4.74 Å². The molecule has 4 amide bonds. The Labute approximate surface area is 241 Å². The van der Waals surface area contributed by atoms with Crippen LogP contribution in [0.3, 0.4) is 0 Å². The molecule has 0 fully saturated rings. The molecule has 1 aliphatic heterocycles. The number of benzene rings is 1. The highest BCUT2D eigenvalue weighted by Gasteiger charge is 2.28. The third-order valence-electron chi connectivity index (χ3n) is 6.61. The highest BCUT2D eigenvalue weighted by atomic mass is 16.5. The molecule has 2 aromatic rings. The minimum atomic E-state index is -0.987. The van der Waals surface area contributed by atoms with Crippen LogP contribution in [0.1, 0.15) is 69.4 Å². The van der Waals surface area contributed by atoms with Crippen molar-refractivity contribution in [2.24, 2.45) is 11.8 Å². The Kier molecular flexibility index (Phi) is 12.1. The number of aromatic nitrogens is 2. The molecular formula is C30H42N6O5. The summed E-state index contributed by atoms with van der Waals surface area (Å²) in [7, 11) is 0. The van der Waals surface area contributed by atoms with Crippen molar-refractivity contribution in [1.82, 2.24) is 31.2 Å². The fourth-order valence-electron chi connectivity index (χ4n) is 4.66. The van der Waals surface area contributed by atoms with Gasteiger partial charge < -0.3 is 26.0 Å². The van der Waals surface area contributed by atoms with Gasteiger partial charge in [-0.2, -0.15) is 0 Å². The van der Waals surface area contributed by atoms with E-state index in [0.29, 0.717) is 25.0 Å². The van der Waals surface area contributed by atoms with Crippen LogP contribution in [-0.4, -0.2) is 64.9 Å². The smallest absolute Gasteiger partial charge is 0.255 e. The maximum absolute atomic E-state index is 13.4. The van der Waals surface area contributed by atoms with Crippen molar-refractivity contribution in [1.29, 1.82) is 0 Å². The number of para-hydroxylation sites is 1. The maximum atomic E-state index is 13.4. The van der Waals surface area contributed by atoms with E-state index in [0.717, 1.165) is 5.69 Å². The highest BCUT2D eigenvalue weighted by Crippen LogP contribution is 2.20. The molecule has 41 heavy (non-hydrogen) atoms. The summed E-state index contributed by atoms with van der Waals surface area (Å²) in [4.78, 5) is 61.0. The van der Waals surface area contributed by atoms with Crippen LogP contribution < -0.4 is 26.0 Å². The lowest BCUT2D eigenvalue weighted by atomic mass is 10.0. The maximum Gasteiger partial charge on any atom is 0.255 e. The number of hydrogen-bond donors (Lipinski definition) is 4. The zero-order valence-electron chi connectivity index (χ0n) is 24.3. The second kappa shape index (κ2) is 15.7. The second-order valence-electron chi connectivity index (χ2n) is 11.2. The largest absolute Gasteiger partial charge is 0.491 e. The van der Waals surface area contributed by atoms with Crippen LogP contribution in [0.2, 0.25) is 0 Å². The van der Waals surface area contributed by atoms with Crippen LogP contribution in [0.25, 0.3) is 0 Å². The summed E-state index contributed by atoms with van der Waals surface area (Å²) in [5.74, 6) is -0.792. The van der Waals surface area contributed by atoms with E-state index in [2.05, 4.69) is 45.1 Å². The summed E-state index contributed by atoms with van der Waals surface area (Å²) >= 11 is 0. The molecule has 0 saturated heterocycles. The SMILES string of the molecule is CC(C)C[C@@H]1COc2ccccc2C(=O)N[C@H](C(=O)NCCc2cnccn2)CCC(=O)N[C@H](CC(C)C)C(=O)N1. The monoisotopic (exact) mass is 566 g/mol. The second-order valence-corrected chi connectivity index (χ2v) is 11.2. The van der Waals surface area contributed by atoms with Gasteiger partial charge in [0, 0.05) is 38.0 Å². The predicted octanol–water partition coefficient (Wildman–Crippen LogP) is 2.17. The fourth-order valence-corrected chi connectivity index (χ4v) is 4.66. The van der Waals surface area contributed by atoms with Crippen LogP contribution in [-0.2, 0) is 20.8 Å². The molecule has 0 aliphatic carbocycles. The van der Waals surface area contributed by atoms with Gasteiger partial charge in [-0.3, -0.25) is 29.1 Å². The van der Waals surface area contributed by atoms with Crippen LogP contribution in [0, 0.1) is 11.8 Å². The Bertz CT molecular complexity index is 1170. The Morgan fingerprint density at radius 2 is 1.78 bits per heavy atom. The summed E-state index contributed by atoms with van der Waals surface area (Å²) in [6.45, 7) is 8.49. The highest BCUT2D eigenvalue weighted by molar-refractivity contribution is 5.99. The summed E-state index contributed by atoms with van der Waals surface area (Å²) < 4.78 is 6.07. The van der Waals surface area contributed by atoms with Gasteiger partial charge in [-0.15, -0.1) is 0 Å². The average Bonchev–Trinajstić information content (AvgIpc) is 2.93. The van der Waals surface area contributed by atoms with Gasteiger partial charge >= 0.3 is 0 Å². The number of rotatable bonds is 8. The Morgan fingerprint density at radius 1 is 1.02 bits per heavy atom. The van der Waals surface area contributed by atoms with E-state index in [1.54, 1.807) is 42.9 Å². The van der Waals surface area contributed by atoms with Crippen molar-refractivity contribution in [3.63, 3.8) is 0 Å². The molecule has 0 bridgehead atoms. The first-order chi connectivity index (χ1) is 19.6. The topological polar surface area (TPSA) is 151 Å². The lowest BCUT2D eigenvalue weighted by molar-refractivity contribution is -0.130. The van der Waals surface area contributed by atoms with Crippen LogP contribution in [0.5, 0.6) is 5.75 Å². The normalized spacial score (nSPS) is 20.5. The molecule has 0 unspecified atom stereocenters.